The van der Waals surface area contributed by atoms with Crippen molar-refractivity contribution in [2.45, 2.75) is 0 Å². The third-order valence-corrected chi connectivity index (χ3v) is 3.36. The number of carbonyl (C=O) groups is 3. The van der Waals surface area contributed by atoms with Gasteiger partial charge in [0.2, 0.25) is 5.91 Å². The maximum absolute atomic E-state index is 11.7. The van der Waals surface area contributed by atoms with E-state index in [4.69, 9.17) is 4.42 Å². The van der Waals surface area contributed by atoms with Crippen LogP contribution in [0, 0.1) is 0 Å². The molecule has 7 nitrogen and oxygen atoms in total. The Bertz CT molecular complexity index is 647. The minimum Gasteiger partial charge on any atom is -0.465 e. The van der Waals surface area contributed by atoms with Gasteiger partial charge >= 0.3 is 5.97 Å². The topological polar surface area (TPSA) is 97.6 Å². The smallest absolute Gasteiger partial charge is 0.350 e. The molecule has 0 spiro atoms. The molecule has 110 valence electrons. The van der Waals surface area contributed by atoms with E-state index in [2.05, 4.69) is 15.4 Å². The first kappa shape index (κ1) is 14.8. The lowest BCUT2D eigenvalue weighted by Crippen LogP contribution is -2.32. The lowest BCUT2D eigenvalue weighted by atomic mass is 10.3. The number of hydrogen-bond donors (Lipinski definition) is 2. The van der Waals surface area contributed by atoms with Crippen molar-refractivity contribution in [3.63, 3.8) is 0 Å². The first-order valence-electron chi connectivity index (χ1n) is 5.89. The Morgan fingerprint density at radius 3 is 2.81 bits per heavy atom. The number of ether oxygens (including phenoxy) is 1. The van der Waals surface area contributed by atoms with Gasteiger partial charge in [-0.2, -0.15) is 0 Å². The summed E-state index contributed by atoms with van der Waals surface area (Å²) in [6, 6.07) is 4.65. The Morgan fingerprint density at radius 1 is 1.33 bits per heavy atom. The van der Waals surface area contributed by atoms with Crippen LogP contribution in [0.5, 0.6) is 0 Å². The van der Waals surface area contributed by atoms with Crippen molar-refractivity contribution in [1.29, 1.82) is 0 Å². The number of hydrogen-bond acceptors (Lipinski definition) is 6. The maximum Gasteiger partial charge on any atom is 0.350 e. The van der Waals surface area contributed by atoms with Crippen LogP contribution in [0.15, 0.2) is 34.3 Å². The molecule has 0 aliphatic rings. The summed E-state index contributed by atoms with van der Waals surface area (Å²) < 4.78 is 9.50. The number of furan rings is 1. The first-order chi connectivity index (χ1) is 10.1. The molecule has 2 aromatic heterocycles. The zero-order valence-corrected chi connectivity index (χ0v) is 11.9. The molecule has 0 atom stereocenters. The minimum absolute atomic E-state index is 0.119. The second-order valence-corrected chi connectivity index (χ2v) is 4.78. The van der Waals surface area contributed by atoms with Crippen molar-refractivity contribution in [3.8, 4) is 0 Å². The average Bonchev–Trinajstić information content (AvgIpc) is 3.15. The van der Waals surface area contributed by atoms with E-state index < -0.39 is 17.8 Å². The lowest BCUT2D eigenvalue weighted by Gasteiger charge is -2.06. The van der Waals surface area contributed by atoms with Crippen LogP contribution in [0.4, 0.5) is 5.69 Å². The van der Waals surface area contributed by atoms with Crippen LogP contribution >= 0.6 is 11.3 Å². The molecule has 0 aromatic carbocycles. The molecule has 2 N–H and O–H groups in total. The number of rotatable bonds is 5. The average molecular weight is 308 g/mol. The Morgan fingerprint density at radius 2 is 2.14 bits per heavy atom. The summed E-state index contributed by atoms with van der Waals surface area (Å²) in [5.41, 5.74) is 0.351. The summed E-state index contributed by atoms with van der Waals surface area (Å²) in [5, 5.41) is 6.59. The van der Waals surface area contributed by atoms with Crippen molar-refractivity contribution in [2.75, 3.05) is 19.0 Å². The normalized spacial score (nSPS) is 9.95. The number of carbonyl (C=O) groups excluding carboxylic acids is 3. The summed E-state index contributed by atoms with van der Waals surface area (Å²) in [7, 11) is 1.26. The molecule has 0 saturated heterocycles. The van der Waals surface area contributed by atoms with Crippen LogP contribution in [-0.4, -0.2) is 31.4 Å². The van der Waals surface area contributed by atoms with Gasteiger partial charge in [-0.15, -0.1) is 11.3 Å². The molecule has 2 rings (SSSR count). The van der Waals surface area contributed by atoms with Gasteiger partial charge in [-0.25, -0.2) is 4.79 Å². The monoisotopic (exact) mass is 308 g/mol. The molecule has 8 heteroatoms. The molecule has 2 heterocycles. The van der Waals surface area contributed by atoms with E-state index in [-0.39, 0.29) is 12.3 Å². The molecule has 21 heavy (non-hydrogen) atoms. The highest BCUT2D eigenvalue weighted by Gasteiger charge is 2.16. The van der Waals surface area contributed by atoms with Crippen LogP contribution in [0.25, 0.3) is 0 Å². The van der Waals surface area contributed by atoms with Gasteiger partial charge in [0.05, 0.1) is 25.6 Å². The van der Waals surface area contributed by atoms with Crippen molar-refractivity contribution in [1.82, 2.24) is 5.32 Å². The largest absolute Gasteiger partial charge is 0.465 e. The van der Waals surface area contributed by atoms with Gasteiger partial charge < -0.3 is 19.8 Å². The summed E-state index contributed by atoms with van der Waals surface area (Å²) in [4.78, 5) is 35.1. The second kappa shape index (κ2) is 6.71. The standard InChI is InChI=1S/C13H12N2O5S/c1-19-13(18)11-8(4-6-21-11)15-10(16)7-14-12(17)9-3-2-5-20-9/h2-6H,7H2,1H3,(H,14,17)(H,15,16). The fourth-order valence-electron chi connectivity index (χ4n) is 1.51. The Labute approximate surface area is 123 Å². The predicted octanol–water partition coefficient (Wildman–Crippen LogP) is 1.50. The SMILES string of the molecule is COC(=O)c1sccc1NC(=O)CNC(=O)c1ccco1. The molecule has 2 aromatic rings. The van der Waals surface area contributed by atoms with Gasteiger partial charge in [-0.05, 0) is 23.6 Å². The van der Waals surface area contributed by atoms with E-state index in [0.29, 0.717) is 10.6 Å². The predicted molar refractivity (Wildman–Crippen MR) is 75.3 cm³/mol. The Balaban J connectivity index is 1.89. The minimum atomic E-state index is -0.528. The number of thiophene rings is 1. The number of esters is 1. The number of nitrogens with one attached hydrogen (secondary N) is 2. The molecular weight excluding hydrogens is 296 g/mol. The van der Waals surface area contributed by atoms with Gasteiger partial charge in [0.1, 0.15) is 4.88 Å². The highest BCUT2D eigenvalue weighted by atomic mass is 32.1. The molecule has 0 aliphatic carbocycles. The van der Waals surface area contributed by atoms with Crippen molar-refractivity contribution in [2.24, 2.45) is 0 Å². The van der Waals surface area contributed by atoms with Gasteiger partial charge in [0.25, 0.3) is 5.91 Å². The second-order valence-electron chi connectivity index (χ2n) is 3.86. The molecule has 2 amide bonds. The maximum atomic E-state index is 11.7. The van der Waals surface area contributed by atoms with Gasteiger partial charge in [0.15, 0.2) is 5.76 Å². The highest BCUT2D eigenvalue weighted by Crippen LogP contribution is 2.22. The van der Waals surface area contributed by atoms with Crippen LogP contribution in [0.3, 0.4) is 0 Å². The molecule has 0 fully saturated rings. The molecule has 0 bridgehead atoms. The van der Waals surface area contributed by atoms with E-state index in [0.717, 1.165) is 11.3 Å². The number of amides is 2. The molecule has 0 saturated carbocycles. The molecule has 0 unspecified atom stereocenters. The quantitative estimate of drug-likeness (QED) is 0.816. The summed E-state index contributed by atoms with van der Waals surface area (Å²) in [5.74, 6) is -1.36. The highest BCUT2D eigenvalue weighted by molar-refractivity contribution is 7.12. The van der Waals surface area contributed by atoms with E-state index in [1.807, 2.05) is 0 Å². The first-order valence-corrected chi connectivity index (χ1v) is 6.77. The van der Waals surface area contributed by atoms with E-state index in [1.165, 1.54) is 19.4 Å². The zero-order chi connectivity index (χ0) is 15.2. The summed E-state index contributed by atoms with van der Waals surface area (Å²) in [6.07, 6.45) is 1.36. The molecular formula is C13H12N2O5S. The third-order valence-electron chi connectivity index (χ3n) is 2.46. The van der Waals surface area contributed by atoms with Gasteiger partial charge in [0, 0.05) is 0 Å². The lowest BCUT2D eigenvalue weighted by molar-refractivity contribution is -0.115. The Kier molecular flexibility index (Phi) is 4.72. The fraction of sp³-hybridized carbons (Fsp3) is 0.154. The van der Waals surface area contributed by atoms with Crippen LogP contribution in [-0.2, 0) is 9.53 Å². The fourth-order valence-corrected chi connectivity index (χ4v) is 2.27. The zero-order valence-electron chi connectivity index (χ0n) is 11.0. The summed E-state index contributed by atoms with van der Waals surface area (Å²) in [6.45, 7) is -0.240. The van der Waals surface area contributed by atoms with Crippen molar-refractivity contribution < 1.29 is 23.5 Å². The van der Waals surface area contributed by atoms with E-state index in [1.54, 1.807) is 17.5 Å². The van der Waals surface area contributed by atoms with Crippen LogP contribution < -0.4 is 10.6 Å². The van der Waals surface area contributed by atoms with Gasteiger partial charge in [-0.1, -0.05) is 0 Å². The third kappa shape index (κ3) is 3.69. The van der Waals surface area contributed by atoms with Crippen LogP contribution in [0.1, 0.15) is 20.2 Å². The number of anilines is 1. The molecule has 0 aliphatic heterocycles. The van der Waals surface area contributed by atoms with E-state index in [9.17, 15) is 14.4 Å². The molecule has 0 radical (unpaired) electrons. The Hall–Kier alpha value is -2.61. The summed E-state index contributed by atoms with van der Waals surface area (Å²) >= 11 is 1.16. The van der Waals surface area contributed by atoms with E-state index >= 15 is 0 Å². The number of methoxy groups -OCH3 is 1. The van der Waals surface area contributed by atoms with Crippen molar-refractivity contribution >= 4 is 34.8 Å². The van der Waals surface area contributed by atoms with Gasteiger partial charge in [-0.3, -0.25) is 9.59 Å². The van der Waals surface area contributed by atoms with Crippen LogP contribution in [0.2, 0.25) is 0 Å². The van der Waals surface area contributed by atoms with Crippen molar-refractivity contribution in [3.05, 3.63) is 40.5 Å².